The van der Waals surface area contributed by atoms with Crippen LogP contribution in [0.1, 0.15) is 6.92 Å². The minimum Gasteiger partial charge on any atom is -0.405 e. The summed E-state index contributed by atoms with van der Waals surface area (Å²) in [6.45, 7) is 1.36. The van der Waals surface area contributed by atoms with Crippen molar-refractivity contribution in [2.45, 2.75) is 6.92 Å². The van der Waals surface area contributed by atoms with Gasteiger partial charge in [-0.3, -0.25) is 4.79 Å². The number of carbonyl (C=O) groups excluding carboxylic acids is 1. The van der Waals surface area contributed by atoms with Crippen LogP contribution in [0.15, 0.2) is 36.5 Å². The van der Waals surface area contributed by atoms with Gasteiger partial charge in [-0.25, -0.2) is 4.68 Å². The number of halogens is 1. The lowest BCUT2D eigenvalue weighted by molar-refractivity contribution is -0.132. The quantitative estimate of drug-likeness (QED) is 0.628. The Bertz CT molecular complexity index is 508. The van der Waals surface area contributed by atoms with E-state index in [0.29, 0.717) is 5.88 Å². The first kappa shape index (κ1) is 11.1. The van der Waals surface area contributed by atoms with E-state index < -0.39 is 0 Å². The third kappa shape index (κ3) is 2.41. The van der Waals surface area contributed by atoms with Crippen LogP contribution >= 0.6 is 22.6 Å². The minimum absolute atomic E-state index is 0.344. The van der Waals surface area contributed by atoms with Gasteiger partial charge in [0, 0.05) is 13.1 Å². The van der Waals surface area contributed by atoms with Crippen LogP contribution in [0.2, 0.25) is 0 Å². The maximum absolute atomic E-state index is 10.8. The highest BCUT2D eigenvalue weighted by molar-refractivity contribution is 14.1. The Morgan fingerprint density at radius 1 is 1.38 bits per heavy atom. The number of hydrogen-bond acceptors (Lipinski definition) is 3. The van der Waals surface area contributed by atoms with E-state index in [1.54, 1.807) is 4.68 Å². The van der Waals surface area contributed by atoms with Gasteiger partial charge in [0.25, 0.3) is 5.88 Å². The van der Waals surface area contributed by atoms with Crippen LogP contribution in [0.25, 0.3) is 5.69 Å². The number of ether oxygens (including phenoxy) is 1. The standard InChI is InChI=1S/C11H9IN2O2/c1-8(15)16-11-10(12)7-14(13-11)9-5-3-2-4-6-9/h2-7H,1H3. The van der Waals surface area contributed by atoms with Gasteiger partial charge in [0.2, 0.25) is 0 Å². The molecule has 16 heavy (non-hydrogen) atoms. The molecule has 2 aromatic rings. The predicted molar refractivity (Wildman–Crippen MR) is 67.6 cm³/mol. The molecule has 82 valence electrons. The Balaban J connectivity index is 2.34. The molecule has 5 heteroatoms. The molecule has 4 nitrogen and oxygen atoms in total. The average molecular weight is 328 g/mol. The van der Waals surface area contributed by atoms with Crippen molar-refractivity contribution in [3.63, 3.8) is 0 Å². The van der Waals surface area contributed by atoms with Crippen LogP contribution in [0.3, 0.4) is 0 Å². The summed E-state index contributed by atoms with van der Waals surface area (Å²) in [6, 6.07) is 9.65. The first-order valence-corrected chi connectivity index (χ1v) is 5.73. The molecule has 2 rings (SSSR count). The van der Waals surface area contributed by atoms with Gasteiger partial charge in [0.15, 0.2) is 0 Å². The molecule has 1 aromatic carbocycles. The lowest BCUT2D eigenvalue weighted by Gasteiger charge is -1.99. The molecule has 0 saturated heterocycles. The third-order valence-electron chi connectivity index (χ3n) is 1.90. The molecule has 0 bridgehead atoms. The molecular weight excluding hydrogens is 319 g/mol. The van der Waals surface area contributed by atoms with Crippen LogP contribution in [-0.2, 0) is 4.79 Å². The Kier molecular flexibility index (Phi) is 3.23. The predicted octanol–water partition coefficient (Wildman–Crippen LogP) is 2.40. The number of rotatable bonds is 2. The summed E-state index contributed by atoms with van der Waals surface area (Å²) in [7, 11) is 0. The Morgan fingerprint density at radius 3 is 2.69 bits per heavy atom. The highest BCUT2D eigenvalue weighted by Crippen LogP contribution is 2.20. The van der Waals surface area contributed by atoms with E-state index in [2.05, 4.69) is 27.7 Å². The van der Waals surface area contributed by atoms with Crippen molar-refractivity contribution in [3.8, 4) is 11.6 Å². The molecule has 0 aliphatic carbocycles. The number of esters is 1. The summed E-state index contributed by atoms with van der Waals surface area (Å²) in [6.07, 6.45) is 1.81. The molecule has 0 N–H and O–H groups in total. The van der Waals surface area contributed by atoms with E-state index >= 15 is 0 Å². The molecule has 0 spiro atoms. The van der Waals surface area contributed by atoms with Crippen LogP contribution in [0, 0.1) is 3.57 Å². The molecular formula is C11H9IN2O2. The lowest BCUT2D eigenvalue weighted by atomic mass is 10.3. The van der Waals surface area contributed by atoms with Gasteiger partial charge in [-0.05, 0) is 34.7 Å². The van der Waals surface area contributed by atoms with Crippen molar-refractivity contribution in [2.24, 2.45) is 0 Å². The van der Waals surface area contributed by atoms with Gasteiger partial charge in [0.05, 0.1) is 9.26 Å². The van der Waals surface area contributed by atoms with E-state index in [1.165, 1.54) is 6.92 Å². The van der Waals surface area contributed by atoms with Gasteiger partial charge in [-0.1, -0.05) is 18.2 Å². The number of benzene rings is 1. The Labute approximate surface area is 106 Å². The van der Waals surface area contributed by atoms with Crippen LogP contribution in [0.5, 0.6) is 5.88 Å². The molecule has 0 atom stereocenters. The zero-order valence-electron chi connectivity index (χ0n) is 8.55. The highest BCUT2D eigenvalue weighted by atomic mass is 127. The lowest BCUT2D eigenvalue weighted by Crippen LogP contribution is -2.03. The zero-order valence-corrected chi connectivity index (χ0v) is 10.7. The largest absolute Gasteiger partial charge is 0.405 e. The summed E-state index contributed by atoms with van der Waals surface area (Å²) in [5, 5.41) is 4.19. The highest BCUT2D eigenvalue weighted by Gasteiger charge is 2.10. The van der Waals surface area contributed by atoms with Gasteiger partial charge in [0.1, 0.15) is 0 Å². The number of carbonyl (C=O) groups is 1. The van der Waals surface area contributed by atoms with E-state index in [9.17, 15) is 4.79 Å². The monoisotopic (exact) mass is 328 g/mol. The fraction of sp³-hybridized carbons (Fsp3) is 0.0909. The van der Waals surface area contributed by atoms with Crippen molar-refractivity contribution >= 4 is 28.6 Å². The van der Waals surface area contributed by atoms with Gasteiger partial charge >= 0.3 is 5.97 Å². The summed E-state index contributed by atoms with van der Waals surface area (Å²) in [5.74, 6) is -0.0202. The van der Waals surface area contributed by atoms with Crippen LogP contribution in [0.4, 0.5) is 0 Å². The second-order valence-electron chi connectivity index (χ2n) is 3.16. The number of hydrogen-bond donors (Lipinski definition) is 0. The van der Waals surface area contributed by atoms with Crippen LogP contribution < -0.4 is 4.74 Å². The fourth-order valence-corrected chi connectivity index (χ4v) is 1.74. The number of para-hydroxylation sites is 1. The molecule has 1 aromatic heterocycles. The number of nitrogens with zero attached hydrogens (tertiary/aromatic N) is 2. The normalized spacial score (nSPS) is 10.1. The SMILES string of the molecule is CC(=O)Oc1nn(-c2ccccc2)cc1I. The van der Waals surface area contributed by atoms with Crippen molar-refractivity contribution in [1.29, 1.82) is 0 Å². The molecule has 0 amide bonds. The molecule has 0 fully saturated rings. The van der Waals surface area contributed by atoms with Crippen molar-refractivity contribution in [2.75, 3.05) is 0 Å². The summed E-state index contributed by atoms with van der Waals surface area (Å²) >= 11 is 2.08. The first-order chi connectivity index (χ1) is 7.66. The molecule has 0 aliphatic rings. The molecule has 1 heterocycles. The second kappa shape index (κ2) is 4.65. The molecule has 0 saturated carbocycles. The topological polar surface area (TPSA) is 44.1 Å². The Hall–Kier alpha value is -1.37. The van der Waals surface area contributed by atoms with Gasteiger partial charge in [-0.15, -0.1) is 5.10 Å². The van der Waals surface area contributed by atoms with E-state index in [1.807, 2.05) is 36.5 Å². The molecule has 0 aliphatic heterocycles. The number of aromatic nitrogens is 2. The maximum Gasteiger partial charge on any atom is 0.309 e. The first-order valence-electron chi connectivity index (χ1n) is 4.66. The van der Waals surface area contributed by atoms with Crippen molar-refractivity contribution in [1.82, 2.24) is 9.78 Å². The summed E-state index contributed by atoms with van der Waals surface area (Å²) in [4.78, 5) is 10.8. The van der Waals surface area contributed by atoms with Crippen molar-refractivity contribution in [3.05, 3.63) is 40.1 Å². The van der Waals surface area contributed by atoms with Crippen LogP contribution in [-0.4, -0.2) is 15.7 Å². The second-order valence-corrected chi connectivity index (χ2v) is 4.32. The summed E-state index contributed by atoms with van der Waals surface area (Å²) < 4.78 is 7.45. The van der Waals surface area contributed by atoms with Gasteiger partial charge < -0.3 is 4.74 Å². The zero-order chi connectivity index (χ0) is 11.5. The fourth-order valence-electron chi connectivity index (χ4n) is 1.26. The minimum atomic E-state index is -0.365. The smallest absolute Gasteiger partial charge is 0.309 e. The molecule has 0 radical (unpaired) electrons. The third-order valence-corrected chi connectivity index (χ3v) is 2.64. The van der Waals surface area contributed by atoms with E-state index in [-0.39, 0.29) is 5.97 Å². The molecule has 0 unspecified atom stereocenters. The maximum atomic E-state index is 10.8. The summed E-state index contributed by atoms with van der Waals surface area (Å²) in [5.41, 5.74) is 0.929. The van der Waals surface area contributed by atoms with Crippen molar-refractivity contribution < 1.29 is 9.53 Å². The van der Waals surface area contributed by atoms with E-state index in [0.717, 1.165) is 9.26 Å². The Morgan fingerprint density at radius 2 is 2.06 bits per heavy atom. The van der Waals surface area contributed by atoms with E-state index in [4.69, 9.17) is 4.74 Å². The van der Waals surface area contributed by atoms with Gasteiger partial charge in [-0.2, -0.15) is 0 Å². The average Bonchev–Trinajstić information content (AvgIpc) is 2.61.